The Labute approximate surface area is 343 Å². The molecule has 0 aliphatic carbocycles. The van der Waals surface area contributed by atoms with E-state index in [0.717, 1.165) is 38.5 Å². The fourth-order valence-electron chi connectivity index (χ4n) is 7.17. The van der Waals surface area contributed by atoms with Crippen molar-refractivity contribution in [2.24, 2.45) is 0 Å². The molecule has 0 spiro atoms. The summed E-state index contributed by atoms with van der Waals surface area (Å²) in [6.07, 6.45) is 37.7. The average molecular weight is 797 g/mol. The first-order chi connectivity index (χ1) is 27.4. The van der Waals surface area contributed by atoms with Gasteiger partial charge in [0.1, 0.15) is 30.5 Å². The second-order valence-electron chi connectivity index (χ2n) is 16.2. The van der Waals surface area contributed by atoms with Crippen molar-refractivity contribution in [3.63, 3.8) is 0 Å². The molecule has 9 nitrogen and oxygen atoms in total. The van der Waals surface area contributed by atoms with Crippen LogP contribution in [0.2, 0.25) is 0 Å². The summed E-state index contributed by atoms with van der Waals surface area (Å²) in [5.41, 5.74) is 0. The first kappa shape index (κ1) is 52.7. The summed E-state index contributed by atoms with van der Waals surface area (Å²) in [7, 11) is 0. The van der Waals surface area contributed by atoms with Gasteiger partial charge in [0.25, 0.3) is 0 Å². The third-order valence-electron chi connectivity index (χ3n) is 10.9. The third kappa shape index (κ3) is 29.8. The molecule has 1 aliphatic rings. The lowest BCUT2D eigenvalue weighted by Crippen LogP contribution is -2.59. The molecule has 6 atom stereocenters. The molecule has 9 heteroatoms. The number of carbonyl (C=O) groups excluding carboxylic acids is 1. The summed E-state index contributed by atoms with van der Waals surface area (Å²) in [5, 5.41) is 40.1. The van der Waals surface area contributed by atoms with Gasteiger partial charge in [-0.25, -0.2) is 0 Å². The Morgan fingerprint density at radius 2 is 1.04 bits per heavy atom. The van der Waals surface area contributed by atoms with Crippen LogP contribution in [0.25, 0.3) is 0 Å². The molecule has 0 radical (unpaired) electrons. The Morgan fingerprint density at radius 3 is 1.57 bits per heavy atom. The molecule has 56 heavy (non-hydrogen) atoms. The topological polar surface area (TPSA) is 135 Å². The number of aliphatic hydroxyl groups excluding tert-OH is 4. The van der Waals surface area contributed by atoms with Crippen LogP contribution in [0.4, 0.5) is 0 Å². The highest BCUT2D eigenvalue weighted by Gasteiger charge is 2.44. The van der Waals surface area contributed by atoms with Gasteiger partial charge < -0.3 is 39.4 Å². The molecule has 0 aromatic rings. The lowest BCUT2D eigenvalue weighted by atomic mass is 9.99. The van der Waals surface area contributed by atoms with Crippen LogP contribution < -0.4 is 0 Å². The van der Waals surface area contributed by atoms with Crippen LogP contribution in [0.15, 0.2) is 24.3 Å². The summed E-state index contributed by atoms with van der Waals surface area (Å²) < 4.78 is 22.8. The van der Waals surface area contributed by atoms with Crippen LogP contribution >= 0.6 is 0 Å². The highest BCUT2D eigenvalue weighted by atomic mass is 16.7. The first-order valence-corrected chi connectivity index (χ1v) is 23.4. The number of hydrogen-bond acceptors (Lipinski definition) is 9. The van der Waals surface area contributed by atoms with Crippen LogP contribution in [-0.4, -0.2) is 89.6 Å². The Hall–Kier alpha value is -1.33. The minimum absolute atomic E-state index is 0.112. The summed E-state index contributed by atoms with van der Waals surface area (Å²) in [4.78, 5) is 12.8. The van der Waals surface area contributed by atoms with E-state index in [-0.39, 0.29) is 19.2 Å². The van der Waals surface area contributed by atoms with E-state index in [2.05, 4.69) is 38.2 Å². The van der Waals surface area contributed by atoms with E-state index >= 15 is 0 Å². The van der Waals surface area contributed by atoms with Crippen molar-refractivity contribution >= 4 is 5.97 Å². The number of ether oxygens (including phenoxy) is 4. The summed E-state index contributed by atoms with van der Waals surface area (Å²) in [6, 6.07) is 0. The minimum Gasteiger partial charge on any atom is -0.457 e. The lowest BCUT2D eigenvalue weighted by molar-refractivity contribution is -0.305. The number of unbranched alkanes of at least 4 members (excludes halogenated alkanes) is 25. The van der Waals surface area contributed by atoms with Crippen LogP contribution in [0.5, 0.6) is 0 Å². The van der Waals surface area contributed by atoms with E-state index in [0.29, 0.717) is 13.0 Å². The molecule has 0 amide bonds. The maximum atomic E-state index is 12.8. The molecule has 1 heterocycles. The van der Waals surface area contributed by atoms with Crippen LogP contribution in [0.1, 0.15) is 206 Å². The summed E-state index contributed by atoms with van der Waals surface area (Å²) in [6.45, 7) is 4.55. The van der Waals surface area contributed by atoms with Crippen molar-refractivity contribution in [2.45, 2.75) is 243 Å². The van der Waals surface area contributed by atoms with Crippen molar-refractivity contribution in [1.29, 1.82) is 0 Å². The van der Waals surface area contributed by atoms with E-state index in [4.69, 9.17) is 18.9 Å². The van der Waals surface area contributed by atoms with Gasteiger partial charge in [0.15, 0.2) is 6.29 Å². The van der Waals surface area contributed by atoms with Gasteiger partial charge in [-0.15, -0.1) is 0 Å². The van der Waals surface area contributed by atoms with Crippen LogP contribution in [0, 0.1) is 0 Å². The second kappa shape index (κ2) is 39.1. The van der Waals surface area contributed by atoms with Gasteiger partial charge in [0, 0.05) is 13.0 Å². The van der Waals surface area contributed by atoms with Gasteiger partial charge in [-0.05, 0) is 44.9 Å². The molecule has 6 unspecified atom stereocenters. The first-order valence-electron chi connectivity index (χ1n) is 23.4. The smallest absolute Gasteiger partial charge is 0.306 e. The second-order valence-corrected chi connectivity index (χ2v) is 16.2. The number of esters is 1. The Bertz CT molecular complexity index is 910. The molecule has 1 aliphatic heterocycles. The van der Waals surface area contributed by atoms with Crippen LogP contribution in [-0.2, 0) is 23.7 Å². The highest BCUT2D eigenvalue weighted by molar-refractivity contribution is 5.69. The monoisotopic (exact) mass is 797 g/mol. The molecule has 0 saturated carbocycles. The zero-order valence-electron chi connectivity index (χ0n) is 36.1. The van der Waals surface area contributed by atoms with Gasteiger partial charge in [-0.3, -0.25) is 4.79 Å². The highest BCUT2D eigenvalue weighted by Crippen LogP contribution is 2.23. The molecule has 4 N–H and O–H groups in total. The Morgan fingerprint density at radius 1 is 0.571 bits per heavy atom. The fraction of sp³-hybridized carbons (Fsp3) is 0.894. The third-order valence-corrected chi connectivity index (χ3v) is 10.9. The van der Waals surface area contributed by atoms with Crippen molar-refractivity contribution in [1.82, 2.24) is 0 Å². The summed E-state index contributed by atoms with van der Waals surface area (Å²) in [5.74, 6) is -0.313. The molecule has 1 rings (SSSR count). The standard InChI is InChI=1S/C47H88O9/c1-3-5-7-9-11-13-15-17-19-20-21-23-25-27-29-31-33-35-37-53-39-41(40-54-47-46(52)45(51)44(50)42(38-48)56-47)55-43(49)36-34-32-30-28-26-24-22-18-16-14-12-10-8-6-4-2/h11,13,17,19,41-42,44-48,50-52H,3-10,12,14-16,18,20-40H2,1-2H3/b13-11-,19-17-. The number of carbonyl (C=O) groups is 1. The maximum absolute atomic E-state index is 12.8. The van der Waals surface area contributed by atoms with Crippen LogP contribution in [0.3, 0.4) is 0 Å². The largest absolute Gasteiger partial charge is 0.457 e. The van der Waals surface area contributed by atoms with Gasteiger partial charge in [0.2, 0.25) is 0 Å². The molecule has 330 valence electrons. The lowest BCUT2D eigenvalue weighted by Gasteiger charge is -2.39. The molecule has 1 fully saturated rings. The minimum atomic E-state index is -1.53. The van der Waals surface area contributed by atoms with Crippen molar-refractivity contribution in [3.8, 4) is 0 Å². The zero-order chi connectivity index (χ0) is 40.7. The zero-order valence-corrected chi connectivity index (χ0v) is 36.1. The van der Waals surface area contributed by atoms with Gasteiger partial charge in [-0.2, -0.15) is 0 Å². The number of rotatable bonds is 40. The predicted molar refractivity (Wildman–Crippen MR) is 229 cm³/mol. The Kier molecular flexibility index (Phi) is 36.8. The van der Waals surface area contributed by atoms with Gasteiger partial charge in [-0.1, -0.05) is 179 Å². The Balaban J connectivity index is 2.24. The molecular formula is C47H88O9. The van der Waals surface area contributed by atoms with E-state index < -0.39 is 43.4 Å². The molecular weight excluding hydrogens is 709 g/mol. The molecule has 1 saturated heterocycles. The number of allylic oxidation sites excluding steroid dienone is 4. The van der Waals surface area contributed by atoms with E-state index in [1.807, 2.05) is 0 Å². The summed E-state index contributed by atoms with van der Waals surface area (Å²) >= 11 is 0. The van der Waals surface area contributed by atoms with Gasteiger partial charge in [0.05, 0.1) is 19.8 Å². The van der Waals surface area contributed by atoms with Crippen molar-refractivity contribution < 1.29 is 44.2 Å². The average Bonchev–Trinajstić information content (AvgIpc) is 3.20. The normalized spacial score (nSPS) is 20.7. The quantitative estimate of drug-likeness (QED) is 0.0271. The molecule has 0 aromatic heterocycles. The molecule has 0 bridgehead atoms. The van der Waals surface area contributed by atoms with E-state index in [1.54, 1.807) is 0 Å². The van der Waals surface area contributed by atoms with E-state index in [1.165, 1.54) is 148 Å². The maximum Gasteiger partial charge on any atom is 0.306 e. The van der Waals surface area contributed by atoms with E-state index in [9.17, 15) is 25.2 Å². The number of hydrogen-bond donors (Lipinski definition) is 4. The predicted octanol–water partition coefficient (Wildman–Crippen LogP) is 10.6. The SMILES string of the molecule is CCCCC/C=C\C/C=C\CCCCCCCCCCOCC(COC1OC(CO)C(O)C(O)C1O)OC(=O)CCCCCCCCCCCCCCCCC. The van der Waals surface area contributed by atoms with Crippen molar-refractivity contribution in [2.75, 3.05) is 26.4 Å². The molecule has 0 aromatic carbocycles. The van der Waals surface area contributed by atoms with Gasteiger partial charge >= 0.3 is 5.97 Å². The fourth-order valence-corrected chi connectivity index (χ4v) is 7.17. The van der Waals surface area contributed by atoms with Crippen molar-refractivity contribution in [3.05, 3.63) is 24.3 Å². The number of aliphatic hydroxyl groups is 4.